The molecule has 1 N–H and O–H groups in total. The molecular weight excluding hydrogens is 607 g/mol. The highest BCUT2D eigenvalue weighted by Crippen LogP contribution is 2.64. The molecule has 0 aromatic carbocycles. The molecule has 3 nitrogen and oxygen atoms in total. The summed E-state index contributed by atoms with van der Waals surface area (Å²) < 4.78 is 227. The van der Waals surface area contributed by atoms with Crippen molar-refractivity contribution < 1.29 is 83.2 Å². The lowest BCUT2D eigenvalue weighted by molar-refractivity contribution is -0.453. The van der Waals surface area contributed by atoms with Gasteiger partial charge < -0.3 is 0 Å². The molecule has 0 aliphatic rings. The zero-order valence-electron chi connectivity index (χ0n) is 12.1. The Bertz CT molecular complexity index is 738. The largest absolute Gasteiger partial charge is 0.460 e. The van der Waals surface area contributed by atoms with Crippen LogP contribution in [-0.2, 0) is 10.1 Å². The van der Waals surface area contributed by atoms with E-state index in [0.717, 1.165) is 0 Å². The third kappa shape index (κ3) is 3.50. The van der Waals surface area contributed by atoms with Crippen molar-refractivity contribution in [3.63, 3.8) is 0 Å². The smallest absolute Gasteiger partial charge is 0.282 e. The van der Waals surface area contributed by atoms with Crippen molar-refractivity contribution in [1.29, 1.82) is 0 Å². The van der Waals surface area contributed by atoms with E-state index in [4.69, 9.17) is 4.55 Å². The second kappa shape index (κ2) is 6.76. The summed E-state index contributed by atoms with van der Waals surface area (Å²) in [4.78, 5) is 0. The maximum absolute atomic E-state index is 13.3. The van der Waals surface area contributed by atoms with Crippen LogP contribution in [-0.4, -0.2) is 57.7 Å². The lowest BCUT2D eigenvalue weighted by atomic mass is 9.91. The molecule has 0 amide bonds. The Balaban J connectivity index is 6.90. The van der Waals surface area contributed by atoms with Gasteiger partial charge in [0.05, 0.1) is 0 Å². The maximum atomic E-state index is 13.3. The quantitative estimate of drug-likeness (QED) is 0.185. The monoisotopic (exact) mass is 608 g/mol. The van der Waals surface area contributed by atoms with E-state index in [0.29, 0.717) is 0 Å². The second-order valence-electron chi connectivity index (χ2n) is 4.94. The first-order valence-corrected chi connectivity index (χ1v) is 8.20. The molecular formula is C8HF16IO3S. The van der Waals surface area contributed by atoms with Crippen LogP contribution in [0.25, 0.3) is 0 Å². The van der Waals surface area contributed by atoms with Crippen molar-refractivity contribution in [3.05, 3.63) is 0 Å². The van der Waals surface area contributed by atoms with E-state index in [2.05, 4.69) is 0 Å². The van der Waals surface area contributed by atoms with Gasteiger partial charge in [0.1, 0.15) is 0 Å². The van der Waals surface area contributed by atoms with E-state index in [1.807, 2.05) is 0 Å². The van der Waals surface area contributed by atoms with Crippen molar-refractivity contribution >= 4 is 32.7 Å². The van der Waals surface area contributed by atoms with Gasteiger partial charge in [-0.15, -0.1) is 0 Å². The highest BCUT2D eigenvalue weighted by molar-refractivity contribution is 14.1. The molecule has 0 aromatic rings. The minimum absolute atomic E-state index is 1.06. The Labute approximate surface area is 161 Å². The van der Waals surface area contributed by atoms with Crippen LogP contribution in [0.2, 0.25) is 0 Å². The average Bonchev–Trinajstić information content (AvgIpc) is 2.43. The molecule has 0 heterocycles. The first kappa shape index (κ1) is 28.5. The lowest BCUT2D eigenvalue weighted by Crippen LogP contribution is -2.74. The summed E-state index contributed by atoms with van der Waals surface area (Å²) in [5, 5.41) is 0. The molecule has 21 heteroatoms. The predicted octanol–water partition coefficient (Wildman–Crippen LogP) is 5.31. The summed E-state index contributed by atoms with van der Waals surface area (Å²) in [6.45, 7) is 0. The van der Waals surface area contributed by atoms with Crippen molar-refractivity contribution in [2.24, 2.45) is 0 Å². The first-order valence-electron chi connectivity index (χ1n) is 5.68. The van der Waals surface area contributed by atoms with E-state index in [1.165, 1.54) is 0 Å². The van der Waals surface area contributed by atoms with Gasteiger partial charge in [-0.2, -0.15) is 74.3 Å². The minimum Gasteiger partial charge on any atom is -0.282 e. The van der Waals surface area contributed by atoms with Crippen LogP contribution in [0.3, 0.4) is 0 Å². The zero-order chi connectivity index (χ0) is 24.5. The Morgan fingerprint density at radius 2 is 0.690 bits per heavy atom. The van der Waals surface area contributed by atoms with Crippen molar-refractivity contribution in [3.8, 4) is 0 Å². The normalized spacial score (nSPS) is 18.6. The number of hydrogen-bond acceptors (Lipinski definition) is 2. The van der Waals surface area contributed by atoms with Gasteiger partial charge in [0.15, 0.2) is 0 Å². The van der Waals surface area contributed by atoms with E-state index >= 15 is 0 Å². The van der Waals surface area contributed by atoms with Crippen molar-refractivity contribution in [1.82, 2.24) is 0 Å². The molecule has 0 spiro atoms. The maximum Gasteiger partial charge on any atom is 0.460 e. The Morgan fingerprint density at radius 1 is 0.483 bits per heavy atom. The van der Waals surface area contributed by atoms with Crippen molar-refractivity contribution in [2.75, 3.05) is 0 Å². The molecule has 1 unspecified atom stereocenters. The summed E-state index contributed by atoms with van der Waals surface area (Å²) in [5.41, 5.74) is 0. The number of hydrogen-bond donors (Lipinski definition) is 1. The lowest BCUT2D eigenvalue weighted by Gasteiger charge is -2.42. The Kier molecular flexibility index (Phi) is 6.65. The van der Waals surface area contributed by atoms with Crippen LogP contribution >= 0.6 is 22.6 Å². The van der Waals surface area contributed by atoms with Crippen LogP contribution in [0.4, 0.5) is 70.2 Å². The third-order valence-corrected chi connectivity index (χ3v) is 6.27. The molecule has 0 aromatic heterocycles. The van der Waals surface area contributed by atoms with Gasteiger partial charge in [0.25, 0.3) is 0 Å². The number of alkyl halides is 17. The zero-order valence-corrected chi connectivity index (χ0v) is 15.1. The summed E-state index contributed by atoms with van der Waals surface area (Å²) in [5.74, 6) is -50.3. The van der Waals surface area contributed by atoms with Crippen LogP contribution in [0.5, 0.6) is 0 Å². The fourth-order valence-corrected chi connectivity index (χ4v) is 2.10. The topological polar surface area (TPSA) is 54.4 Å². The predicted molar refractivity (Wildman–Crippen MR) is 65.1 cm³/mol. The third-order valence-electron chi connectivity index (χ3n) is 3.02. The van der Waals surface area contributed by atoms with Gasteiger partial charge >= 0.3 is 54.8 Å². The van der Waals surface area contributed by atoms with Crippen LogP contribution in [0.15, 0.2) is 0 Å². The fourth-order valence-electron chi connectivity index (χ4n) is 1.31. The Hall–Kier alpha value is -0.480. The first-order chi connectivity index (χ1) is 12.0. The molecule has 0 radical (unpaired) electrons. The van der Waals surface area contributed by atoms with Crippen LogP contribution in [0.1, 0.15) is 0 Å². The van der Waals surface area contributed by atoms with E-state index in [9.17, 15) is 78.7 Å². The molecule has 0 aliphatic heterocycles. The van der Waals surface area contributed by atoms with E-state index in [-0.39, 0.29) is 0 Å². The molecule has 0 fully saturated rings. The SMILES string of the molecule is O=S(=O)(O)C(F)(I)C(F)(F)C(F)(F)C(F)(F)C(F)(F)C(F)(F)C(F)(F)C(F)(F)F. The van der Waals surface area contributed by atoms with Gasteiger partial charge in [-0.05, 0) is 22.6 Å². The highest BCUT2D eigenvalue weighted by atomic mass is 127. The molecule has 0 saturated heterocycles. The Morgan fingerprint density at radius 3 is 0.897 bits per heavy atom. The molecule has 1 atom stereocenters. The molecule has 0 saturated carbocycles. The summed E-state index contributed by atoms with van der Waals surface area (Å²) in [6, 6.07) is 0. The summed E-state index contributed by atoms with van der Waals surface area (Å²) in [7, 11) is -7.24. The van der Waals surface area contributed by atoms with Gasteiger partial charge in [0, 0.05) is 0 Å². The summed E-state index contributed by atoms with van der Waals surface area (Å²) in [6.07, 6.45) is -7.81. The van der Waals surface area contributed by atoms with Gasteiger partial charge in [-0.25, -0.2) is 4.39 Å². The minimum atomic E-state index is -8.70. The van der Waals surface area contributed by atoms with E-state index < -0.39 is 77.4 Å². The molecule has 0 rings (SSSR count). The molecule has 176 valence electrons. The van der Waals surface area contributed by atoms with Crippen LogP contribution in [0, 0.1) is 0 Å². The molecule has 0 aliphatic carbocycles. The fraction of sp³-hybridized carbons (Fsp3) is 1.00. The standard InChI is InChI=1S/C8HF16IO3S/c9-1(10,3(13,14)5(17,18)7(21,22)23)2(11,12)4(15,16)6(19,20)8(24,25)29(26,27)28/h(H,26,27,28). The highest BCUT2D eigenvalue weighted by Gasteiger charge is 2.95. The van der Waals surface area contributed by atoms with Gasteiger partial charge in [-0.3, -0.25) is 4.55 Å². The van der Waals surface area contributed by atoms with Gasteiger partial charge in [-0.1, -0.05) is 0 Å². The second-order valence-corrected chi connectivity index (χ2v) is 8.67. The van der Waals surface area contributed by atoms with Crippen molar-refractivity contribution in [2.45, 2.75) is 44.7 Å². The molecule has 29 heavy (non-hydrogen) atoms. The molecule has 0 bridgehead atoms. The summed E-state index contributed by atoms with van der Waals surface area (Å²) >= 11 is -1.06. The van der Waals surface area contributed by atoms with E-state index in [1.54, 1.807) is 0 Å². The van der Waals surface area contributed by atoms with Gasteiger partial charge in [0.2, 0.25) is 0 Å². The number of halogens is 17. The number of rotatable bonds is 7. The average molecular weight is 608 g/mol. The van der Waals surface area contributed by atoms with Crippen LogP contribution < -0.4 is 0 Å².